The summed E-state index contributed by atoms with van der Waals surface area (Å²) in [5.41, 5.74) is 1.72. The van der Waals surface area contributed by atoms with Gasteiger partial charge in [0.05, 0.1) is 30.5 Å². The molecule has 1 unspecified atom stereocenters. The zero-order valence-corrected chi connectivity index (χ0v) is 16.7. The highest BCUT2D eigenvalue weighted by Gasteiger charge is 2.30. The van der Waals surface area contributed by atoms with Gasteiger partial charge in [-0.05, 0) is 44.2 Å². The molecule has 2 N–H and O–H groups in total. The van der Waals surface area contributed by atoms with Crippen LogP contribution in [-0.2, 0) is 6.18 Å². The Morgan fingerprint density at radius 2 is 1.87 bits per heavy atom. The minimum Gasteiger partial charge on any atom is -0.496 e. The van der Waals surface area contributed by atoms with Crippen LogP contribution >= 0.6 is 0 Å². The molecule has 1 atom stereocenters. The van der Waals surface area contributed by atoms with Crippen molar-refractivity contribution in [1.82, 2.24) is 10.3 Å². The van der Waals surface area contributed by atoms with Gasteiger partial charge in [0.15, 0.2) is 0 Å². The van der Waals surface area contributed by atoms with E-state index in [1.165, 1.54) is 19.2 Å². The number of aromatic nitrogens is 1. The highest BCUT2D eigenvalue weighted by Crippen LogP contribution is 2.36. The van der Waals surface area contributed by atoms with Crippen molar-refractivity contribution < 1.29 is 27.8 Å². The largest absolute Gasteiger partial charge is 0.496 e. The van der Waals surface area contributed by atoms with Crippen LogP contribution in [0.2, 0.25) is 0 Å². The fourth-order valence-electron chi connectivity index (χ4n) is 3.19. The molecular weight excluding hydrogens is 397 g/mol. The van der Waals surface area contributed by atoms with Crippen LogP contribution in [0.15, 0.2) is 42.5 Å². The van der Waals surface area contributed by atoms with E-state index in [0.29, 0.717) is 39.0 Å². The third-order valence-corrected chi connectivity index (χ3v) is 4.77. The highest BCUT2D eigenvalue weighted by molar-refractivity contribution is 6.00. The van der Waals surface area contributed by atoms with Gasteiger partial charge in [-0.2, -0.15) is 13.2 Å². The number of alkyl halides is 3. The number of amides is 1. The summed E-state index contributed by atoms with van der Waals surface area (Å²) in [6.45, 7) is 3.26. The van der Waals surface area contributed by atoms with Crippen LogP contribution in [0.3, 0.4) is 0 Å². The molecule has 0 aliphatic rings. The number of carbonyl (C=O) groups excluding carboxylic acids is 1. The molecule has 0 radical (unpaired) electrons. The van der Waals surface area contributed by atoms with Crippen LogP contribution in [0.25, 0.3) is 22.2 Å². The number of fused-ring (bicyclic) bond motifs is 1. The monoisotopic (exact) mass is 418 g/mol. The molecule has 2 aromatic carbocycles. The Morgan fingerprint density at radius 1 is 1.20 bits per heavy atom. The molecule has 0 aliphatic carbocycles. The van der Waals surface area contributed by atoms with Gasteiger partial charge in [0.2, 0.25) is 0 Å². The van der Waals surface area contributed by atoms with Crippen LogP contribution in [-0.4, -0.2) is 35.8 Å². The van der Waals surface area contributed by atoms with Gasteiger partial charge in [-0.25, -0.2) is 4.98 Å². The molecule has 0 bridgehead atoms. The van der Waals surface area contributed by atoms with Gasteiger partial charge in [-0.15, -0.1) is 0 Å². The maximum absolute atomic E-state index is 12.9. The third-order valence-electron chi connectivity index (χ3n) is 4.77. The average molecular weight is 418 g/mol. The lowest BCUT2D eigenvalue weighted by atomic mass is 10.0. The van der Waals surface area contributed by atoms with Gasteiger partial charge in [-0.1, -0.05) is 12.1 Å². The molecule has 3 aromatic rings. The molecule has 1 aromatic heterocycles. The molecule has 8 heteroatoms. The van der Waals surface area contributed by atoms with Crippen LogP contribution in [0.4, 0.5) is 13.2 Å². The predicted molar refractivity (Wildman–Crippen MR) is 107 cm³/mol. The standard InChI is InChI=1S/C22H21F3N2O3/c1-12(11-28)26-21(29)15-6-9-17-18(10-15)27-19(13(2)20(17)30-3)14-4-7-16(8-5-14)22(23,24)25/h4-10,12,28H,11H2,1-3H3,(H,26,29). The van der Waals surface area contributed by atoms with E-state index in [1.807, 2.05) is 0 Å². The summed E-state index contributed by atoms with van der Waals surface area (Å²) < 4.78 is 44.2. The van der Waals surface area contributed by atoms with Crippen molar-refractivity contribution >= 4 is 16.8 Å². The molecule has 0 saturated heterocycles. The van der Waals surface area contributed by atoms with Crippen molar-refractivity contribution in [3.8, 4) is 17.0 Å². The van der Waals surface area contributed by atoms with E-state index in [0.717, 1.165) is 12.1 Å². The van der Waals surface area contributed by atoms with E-state index in [9.17, 15) is 18.0 Å². The molecule has 3 rings (SSSR count). The fraction of sp³-hybridized carbons (Fsp3) is 0.273. The molecule has 0 aliphatic heterocycles. The normalized spacial score (nSPS) is 12.6. The van der Waals surface area contributed by atoms with Crippen molar-refractivity contribution in [3.05, 3.63) is 59.2 Å². The maximum Gasteiger partial charge on any atom is 0.416 e. The molecule has 30 heavy (non-hydrogen) atoms. The molecule has 0 spiro atoms. The Kier molecular flexibility index (Phi) is 5.98. The molecule has 1 heterocycles. The Labute approximate surface area is 171 Å². The van der Waals surface area contributed by atoms with Crippen LogP contribution in [0, 0.1) is 6.92 Å². The van der Waals surface area contributed by atoms with Gasteiger partial charge in [0.1, 0.15) is 5.75 Å². The van der Waals surface area contributed by atoms with E-state index in [4.69, 9.17) is 9.84 Å². The Morgan fingerprint density at radius 3 is 2.43 bits per heavy atom. The number of nitrogens with zero attached hydrogens (tertiary/aromatic N) is 1. The fourth-order valence-corrected chi connectivity index (χ4v) is 3.19. The zero-order chi connectivity index (χ0) is 22.1. The van der Waals surface area contributed by atoms with Gasteiger partial charge >= 0.3 is 6.18 Å². The zero-order valence-electron chi connectivity index (χ0n) is 16.7. The number of benzene rings is 2. The SMILES string of the molecule is COc1c(C)c(-c2ccc(C(F)(F)F)cc2)nc2cc(C(=O)NC(C)CO)ccc12. The second-order valence-electron chi connectivity index (χ2n) is 6.98. The Bertz CT molecular complexity index is 1080. The first-order valence-corrected chi connectivity index (χ1v) is 9.23. The number of carbonyl (C=O) groups is 1. The summed E-state index contributed by atoms with van der Waals surface area (Å²) >= 11 is 0. The number of halogens is 3. The number of aliphatic hydroxyl groups excluding tert-OH is 1. The summed E-state index contributed by atoms with van der Waals surface area (Å²) in [6.07, 6.45) is -4.42. The smallest absolute Gasteiger partial charge is 0.416 e. The van der Waals surface area contributed by atoms with E-state index >= 15 is 0 Å². The van der Waals surface area contributed by atoms with Crippen molar-refractivity contribution in [2.45, 2.75) is 26.1 Å². The van der Waals surface area contributed by atoms with Crippen molar-refractivity contribution in [2.24, 2.45) is 0 Å². The number of hydrogen-bond donors (Lipinski definition) is 2. The van der Waals surface area contributed by atoms with Crippen molar-refractivity contribution in [1.29, 1.82) is 0 Å². The third kappa shape index (κ3) is 4.23. The van der Waals surface area contributed by atoms with Crippen LogP contribution in [0.1, 0.15) is 28.4 Å². The molecule has 0 saturated carbocycles. The Balaban J connectivity index is 2.11. The van der Waals surface area contributed by atoms with Crippen molar-refractivity contribution in [2.75, 3.05) is 13.7 Å². The summed E-state index contributed by atoms with van der Waals surface area (Å²) in [4.78, 5) is 17.0. The maximum atomic E-state index is 12.9. The van der Waals surface area contributed by atoms with E-state index in [-0.39, 0.29) is 12.5 Å². The van der Waals surface area contributed by atoms with Crippen LogP contribution < -0.4 is 10.1 Å². The predicted octanol–water partition coefficient (Wildman–Crippen LogP) is 4.35. The first-order valence-electron chi connectivity index (χ1n) is 9.23. The van der Waals surface area contributed by atoms with Gasteiger partial charge in [0, 0.05) is 28.1 Å². The number of aliphatic hydroxyl groups is 1. The first kappa shape index (κ1) is 21.6. The number of pyridine rings is 1. The topological polar surface area (TPSA) is 71.5 Å². The minimum absolute atomic E-state index is 0.192. The average Bonchev–Trinajstić information content (AvgIpc) is 2.72. The van der Waals surface area contributed by atoms with Crippen LogP contribution in [0.5, 0.6) is 5.75 Å². The summed E-state index contributed by atoms with van der Waals surface area (Å²) in [6, 6.07) is 9.26. The summed E-state index contributed by atoms with van der Waals surface area (Å²) in [5.74, 6) is 0.168. The second-order valence-corrected chi connectivity index (χ2v) is 6.98. The van der Waals surface area contributed by atoms with Crippen molar-refractivity contribution in [3.63, 3.8) is 0 Å². The lowest BCUT2D eigenvalue weighted by molar-refractivity contribution is -0.137. The quantitative estimate of drug-likeness (QED) is 0.646. The van der Waals surface area contributed by atoms with Gasteiger partial charge in [0.25, 0.3) is 5.91 Å². The number of methoxy groups -OCH3 is 1. The summed E-state index contributed by atoms with van der Waals surface area (Å²) in [5, 5.41) is 12.5. The number of rotatable bonds is 5. The molecule has 1 amide bonds. The van der Waals surface area contributed by atoms with E-state index in [2.05, 4.69) is 10.3 Å². The molecule has 5 nitrogen and oxygen atoms in total. The highest BCUT2D eigenvalue weighted by atomic mass is 19.4. The van der Waals surface area contributed by atoms with E-state index in [1.54, 1.807) is 32.0 Å². The molecular formula is C22H21F3N2O3. The first-order chi connectivity index (χ1) is 14.2. The summed E-state index contributed by atoms with van der Waals surface area (Å²) in [7, 11) is 1.50. The lowest BCUT2D eigenvalue weighted by Crippen LogP contribution is -2.34. The van der Waals surface area contributed by atoms with E-state index < -0.39 is 17.8 Å². The Hall–Kier alpha value is -3.13. The second kappa shape index (κ2) is 8.31. The minimum atomic E-state index is -4.42. The number of hydrogen-bond acceptors (Lipinski definition) is 4. The molecule has 158 valence electrons. The molecule has 0 fully saturated rings. The lowest BCUT2D eigenvalue weighted by Gasteiger charge is -2.15. The number of ether oxygens (including phenoxy) is 1. The van der Waals surface area contributed by atoms with Gasteiger partial charge < -0.3 is 15.2 Å². The van der Waals surface area contributed by atoms with Gasteiger partial charge in [-0.3, -0.25) is 4.79 Å². The number of nitrogens with one attached hydrogen (secondary N) is 1.